The fourth-order valence-electron chi connectivity index (χ4n) is 1.99. The van der Waals surface area contributed by atoms with Gasteiger partial charge in [0.05, 0.1) is 0 Å². The molecule has 2 rings (SSSR count). The second-order valence-corrected chi connectivity index (χ2v) is 6.00. The maximum absolute atomic E-state index is 6.08. The summed E-state index contributed by atoms with van der Waals surface area (Å²) in [4.78, 5) is 0. The van der Waals surface area contributed by atoms with Gasteiger partial charge in [0.25, 0.3) is 0 Å². The van der Waals surface area contributed by atoms with Crippen LogP contribution < -0.4 is 10.1 Å². The Bertz CT molecular complexity index is 578. The SMILES string of the molecule is Cc1ccc(COc2ccc(Cl)cc2CNC(C)C)cc1. The Morgan fingerprint density at radius 1 is 1.10 bits per heavy atom. The third-order valence-electron chi connectivity index (χ3n) is 3.24. The van der Waals surface area contributed by atoms with Gasteiger partial charge in [-0.05, 0) is 30.7 Å². The Kier molecular flexibility index (Phi) is 5.66. The summed E-state index contributed by atoms with van der Waals surface area (Å²) >= 11 is 6.08. The van der Waals surface area contributed by atoms with Gasteiger partial charge in [0, 0.05) is 23.2 Å². The number of halogens is 1. The van der Waals surface area contributed by atoms with E-state index in [4.69, 9.17) is 16.3 Å². The lowest BCUT2D eigenvalue weighted by molar-refractivity contribution is 0.302. The Morgan fingerprint density at radius 2 is 1.81 bits per heavy atom. The second-order valence-electron chi connectivity index (χ2n) is 5.56. The lowest BCUT2D eigenvalue weighted by Gasteiger charge is -2.14. The van der Waals surface area contributed by atoms with Crippen LogP contribution in [0.2, 0.25) is 5.02 Å². The van der Waals surface area contributed by atoms with Crippen molar-refractivity contribution in [3.05, 3.63) is 64.2 Å². The van der Waals surface area contributed by atoms with Crippen LogP contribution in [0.5, 0.6) is 5.75 Å². The topological polar surface area (TPSA) is 21.3 Å². The average molecular weight is 304 g/mol. The van der Waals surface area contributed by atoms with Crippen molar-refractivity contribution in [3.8, 4) is 5.75 Å². The minimum absolute atomic E-state index is 0.425. The van der Waals surface area contributed by atoms with Crippen LogP contribution in [0.3, 0.4) is 0 Å². The molecule has 0 atom stereocenters. The van der Waals surface area contributed by atoms with E-state index in [1.807, 2.05) is 18.2 Å². The summed E-state index contributed by atoms with van der Waals surface area (Å²) in [5.41, 5.74) is 3.51. The zero-order valence-corrected chi connectivity index (χ0v) is 13.6. The van der Waals surface area contributed by atoms with Crippen LogP contribution >= 0.6 is 11.6 Å². The number of hydrogen-bond donors (Lipinski definition) is 1. The largest absolute Gasteiger partial charge is 0.489 e. The van der Waals surface area contributed by atoms with Gasteiger partial charge in [-0.1, -0.05) is 55.3 Å². The van der Waals surface area contributed by atoms with Crippen LogP contribution in [0, 0.1) is 6.92 Å². The number of hydrogen-bond acceptors (Lipinski definition) is 2. The molecule has 0 aliphatic heterocycles. The molecule has 0 amide bonds. The third-order valence-corrected chi connectivity index (χ3v) is 3.47. The Morgan fingerprint density at radius 3 is 2.48 bits per heavy atom. The van der Waals surface area contributed by atoms with E-state index in [9.17, 15) is 0 Å². The summed E-state index contributed by atoms with van der Waals surface area (Å²) in [6.45, 7) is 7.65. The molecule has 0 saturated carbocycles. The van der Waals surface area contributed by atoms with Gasteiger partial charge in [-0.2, -0.15) is 0 Å². The quantitative estimate of drug-likeness (QED) is 0.833. The Balaban J connectivity index is 2.06. The number of ether oxygens (including phenoxy) is 1. The zero-order valence-electron chi connectivity index (χ0n) is 12.8. The Labute approximate surface area is 132 Å². The molecule has 112 valence electrons. The summed E-state index contributed by atoms with van der Waals surface area (Å²) in [5, 5.41) is 4.13. The molecule has 0 spiro atoms. The number of aryl methyl sites for hydroxylation is 1. The van der Waals surface area contributed by atoms with Crippen LogP contribution in [0.25, 0.3) is 0 Å². The van der Waals surface area contributed by atoms with Gasteiger partial charge in [0.1, 0.15) is 12.4 Å². The first kappa shape index (κ1) is 15.9. The summed E-state index contributed by atoms with van der Waals surface area (Å²) in [5.74, 6) is 0.883. The summed E-state index contributed by atoms with van der Waals surface area (Å²) in [6.07, 6.45) is 0. The molecule has 3 heteroatoms. The predicted molar refractivity (Wildman–Crippen MR) is 88.9 cm³/mol. The first-order valence-corrected chi connectivity index (χ1v) is 7.62. The normalized spacial score (nSPS) is 10.9. The van der Waals surface area contributed by atoms with Gasteiger partial charge >= 0.3 is 0 Å². The molecule has 0 fully saturated rings. The van der Waals surface area contributed by atoms with Crippen LogP contribution in [-0.2, 0) is 13.2 Å². The first-order valence-electron chi connectivity index (χ1n) is 7.25. The van der Waals surface area contributed by atoms with E-state index < -0.39 is 0 Å². The van der Waals surface area contributed by atoms with Crippen molar-refractivity contribution < 1.29 is 4.74 Å². The standard InChI is InChI=1S/C18H22ClNO/c1-13(2)20-11-16-10-17(19)8-9-18(16)21-12-15-6-4-14(3)5-7-15/h4-10,13,20H,11-12H2,1-3H3. The minimum atomic E-state index is 0.425. The molecule has 21 heavy (non-hydrogen) atoms. The van der Waals surface area contributed by atoms with Gasteiger partial charge in [-0.25, -0.2) is 0 Å². The number of rotatable bonds is 6. The Hall–Kier alpha value is -1.51. The van der Waals surface area contributed by atoms with Crippen molar-refractivity contribution in [3.63, 3.8) is 0 Å². The van der Waals surface area contributed by atoms with Crippen LogP contribution in [0.4, 0.5) is 0 Å². The molecule has 0 aliphatic carbocycles. The molecule has 0 aliphatic rings. The minimum Gasteiger partial charge on any atom is -0.489 e. The maximum Gasteiger partial charge on any atom is 0.124 e. The highest BCUT2D eigenvalue weighted by Gasteiger charge is 2.06. The summed E-state index contributed by atoms with van der Waals surface area (Å²) in [6, 6.07) is 14.6. The smallest absolute Gasteiger partial charge is 0.124 e. The van der Waals surface area contributed by atoms with E-state index in [1.54, 1.807) is 0 Å². The molecule has 0 heterocycles. The fourth-order valence-corrected chi connectivity index (χ4v) is 2.18. The summed E-state index contributed by atoms with van der Waals surface area (Å²) in [7, 11) is 0. The van der Waals surface area contributed by atoms with Crippen molar-refractivity contribution in [2.75, 3.05) is 0 Å². The first-order chi connectivity index (χ1) is 10.0. The molecule has 1 N–H and O–H groups in total. The lowest BCUT2D eigenvalue weighted by atomic mass is 10.1. The van der Waals surface area contributed by atoms with Gasteiger partial charge in [-0.3, -0.25) is 0 Å². The van der Waals surface area contributed by atoms with Crippen molar-refractivity contribution >= 4 is 11.6 Å². The molecular formula is C18H22ClNO. The monoisotopic (exact) mass is 303 g/mol. The van der Waals surface area contributed by atoms with Crippen LogP contribution in [-0.4, -0.2) is 6.04 Å². The molecular weight excluding hydrogens is 282 g/mol. The highest BCUT2D eigenvalue weighted by atomic mass is 35.5. The molecule has 0 radical (unpaired) electrons. The van der Waals surface area contributed by atoms with Gasteiger partial charge in [-0.15, -0.1) is 0 Å². The van der Waals surface area contributed by atoms with E-state index in [0.29, 0.717) is 12.6 Å². The van der Waals surface area contributed by atoms with E-state index >= 15 is 0 Å². The molecule has 0 unspecified atom stereocenters. The molecule has 2 aromatic rings. The third kappa shape index (κ3) is 5.07. The van der Waals surface area contributed by atoms with Crippen molar-refractivity contribution in [1.29, 1.82) is 0 Å². The number of nitrogens with one attached hydrogen (secondary N) is 1. The van der Waals surface area contributed by atoms with Crippen molar-refractivity contribution in [2.45, 2.75) is 40.0 Å². The van der Waals surface area contributed by atoms with Crippen LogP contribution in [0.1, 0.15) is 30.5 Å². The van der Waals surface area contributed by atoms with Gasteiger partial charge in [0.15, 0.2) is 0 Å². The maximum atomic E-state index is 6.08. The van der Waals surface area contributed by atoms with E-state index in [2.05, 4.69) is 50.4 Å². The summed E-state index contributed by atoms with van der Waals surface area (Å²) < 4.78 is 5.95. The predicted octanol–water partition coefficient (Wildman–Crippen LogP) is 4.73. The molecule has 0 bridgehead atoms. The van der Waals surface area contributed by atoms with Gasteiger partial charge in [0.2, 0.25) is 0 Å². The molecule has 2 nitrogen and oxygen atoms in total. The van der Waals surface area contributed by atoms with E-state index in [-0.39, 0.29) is 0 Å². The molecule has 0 aromatic heterocycles. The zero-order chi connectivity index (χ0) is 15.2. The van der Waals surface area contributed by atoms with E-state index in [1.165, 1.54) is 11.1 Å². The average Bonchev–Trinajstić information content (AvgIpc) is 2.45. The highest BCUT2D eigenvalue weighted by Crippen LogP contribution is 2.24. The van der Waals surface area contributed by atoms with Crippen molar-refractivity contribution in [2.24, 2.45) is 0 Å². The fraction of sp³-hybridized carbons (Fsp3) is 0.333. The van der Waals surface area contributed by atoms with E-state index in [0.717, 1.165) is 22.9 Å². The second kappa shape index (κ2) is 7.48. The number of benzene rings is 2. The van der Waals surface area contributed by atoms with Crippen LogP contribution in [0.15, 0.2) is 42.5 Å². The van der Waals surface area contributed by atoms with Gasteiger partial charge < -0.3 is 10.1 Å². The molecule has 2 aromatic carbocycles. The highest BCUT2D eigenvalue weighted by molar-refractivity contribution is 6.30. The van der Waals surface area contributed by atoms with Crippen molar-refractivity contribution in [1.82, 2.24) is 5.32 Å². The molecule has 0 saturated heterocycles. The lowest BCUT2D eigenvalue weighted by Crippen LogP contribution is -2.22.